The van der Waals surface area contributed by atoms with Crippen molar-refractivity contribution in [1.29, 1.82) is 0 Å². The maximum Gasteiger partial charge on any atom is 0.254 e. The number of nitrogens with zero attached hydrogens (tertiary/aromatic N) is 1. The van der Waals surface area contributed by atoms with Crippen LogP contribution in [0.2, 0.25) is 0 Å². The lowest BCUT2D eigenvalue weighted by atomic mass is 10.2. The molecule has 1 fully saturated rings. The number of benzene rings is 2. The molecule has 2 aromatic rings. The Labute approximate surface area is 141 Å². The summed E-state index contributed by atoms with van der Waals surface area (Å²) < 4.78 is 13.6. The number of rotatable bonds is 5. The molecule has 0 atom stereocenters. The van der Waals surface area contributed by atoms with Crippen molar-refractivity contribution >= 4 is 11.6 Å². The standard InChI is InChI=1S/C19H22FN3O/c20-18-9-5-4-8-17(18)19(24)21-10-11-22-12-14-23(15-13-22)16-6-2-1-3-7-16/h1-9H,10-15H2,(H,21,24)/p+1. The van der Waals surface area contributed by atoms with E-state index in [4.69, 9.17) is 0 Å². The van der Waals surface area contributed by atoms with Gasteiger partial charge in [-0.2, -0.15) is 0 Å². The Bertz CT molecular complexity index is 669. The smallest absolute Gasteiger partial charge is 0.254 e. The molecular formula is C19H23FN3O+. The molecule has 0 radical (unpaired) electrons. The highest BCUT2D eigenvalue weighted by atomic mass is 19.1. The van der Waals surface area contributed by atoms with Crippen molar-refractivity contribution in [3.63, 3.8) is 0 Å². The number of para-hydroxylation sites is 1. The van der Waals surface area contributed by atoms with E-state index in [9.17, 15) is 9.18 Å². The summed E-state index contributed by atoms with van der Waals surface area (Å²) in [5.41, 5.74) is 1.38. The predicted octanol–water partition coefficient (Wildman–Crippen LogP) is 0.961. The van der Waals surface area contributed by atoms with Crippen molar-refractivity contribution in [3.8, 4) is 0 Å². The molecule has 4 nitrogen and oxygen atoms in total. The molecule has 3 rings (SSSR count). The number of anilines is 1. The molecular weight excluding hydrogens is 305 g/mol. The second-order valence-corrected chi connectivity index (χ2v) is 6.06. The van der Waals surface area contributed by atoms with Gasteiger partial charge in [0.15, 0.2) is 0 Å². The van der Waals surface area contributed by atoms with Crippen molar-refractivity contribution in [2.45, 2.75) is 0 Å². The summed E-state index contributed by atoms with van der Waals surface area (Å²) in [6.45, 7) is 5.55. The Morgan fingerprint density at radius 2 is 1.71 bits per heavy atom. The lowest BCUT2D eigenvalue weighted by molar-refractivity contribution is -0.899. The molecule has 24 heavy (non-hydrogen) atoms. The van der Waals surface area contributed by atoms with Gasteiger partial charge in [0, 0.05) is 5.69 Å². The van der Waals surface area contributed by atoms with Crippen molar-refractivity contribution in [1.82, 2.24) is 5.32 Å². The highest BCUT2D eigenvalue weighted by Crippen LogP contribution is 2.12. The quantitative estimate of drug-likeness (QED) is 0.858. The SMILES string of the molecule is O=C(NCC[NH+]1CCN(c2ccccc2)CC1)c1ccccc1F. The maximum absolute atomic E-state index is 13.6. The Hall–Kier alpha value is -2.40. The summed E-state index contributed by atoms with van der Waals surface area (Å²) in [5, 5.41) is 2.82. The van der Waals surface area contributed by atoms with Crippen molar-refractivity contribution in [2.75, 3.05) is 44.2 Å². The van der Waals surface area contributed by atoms with Gasteiger partial charge in [-0.05, 0) is 24.3 Å². The molecule has 1 saturated heterocycles. The zero-order valence-electron chi connectivity index (χ0n) is 13.7. The predicted molar refractivity (Wildman–Crippen MR) is 93.0 cm³/mol. The van der Waals surface area contributed by atoms with E-state index in [-0.39, 0.29) is 11.5 Å². The number of piperazine rings is 1. The average Bonchev–Trinajstić information content (AvgIpc) is 2.63. The monoisotopic (exact) mass is 328 g/mol. The van der Waals surface area contributed by atoms with E-state index in [0.29, 0.717) is 6.54 Å². The van der Waals surface area contributed by atoms with Crippen molar-refractivity contribution in [3.05, 3.63) is 66.0 Å². The third kappa shape index (κ3) is 4.11. The first-order valence-electron chi connectivity index (χ1n) is 8.40. The lowest BCUT2D eigenvalue weighted by Gasteiger charge is -2.33. The Kier molecular flexibility index (Phi) is 5.43. The molecule has 0 spiro atoms. The minimum atomic E-state index is -0.473. The van der Waals surface area contributed by atoms with Crippen LogP contribution in [-0.4, -0.2) is 45.2 Å². The fraction of sp³-hybridized carbons (Fsp3) is 0.316. The molecule has 1 heterocycles. The minimum absolute atomic E-state index is 0.112. The molecule has 1 aliphatic heterocycles. The average molecular weight is 328 g/mol. The van der Waals surface area contributed by atoms with E-state index in [1.807, 2.05) is 6.07 Å². The molecule has 2 aromatic carbocycles. The number of halogens is 1. The molecule has 126 valence electrons. The van der Waals surface area contributed by atoms with E-state index >= 15 is 0 Å². The fourth-order valence-corrected chi connectivity index (χ4v) is 3.06. The minimum Gasteiger partial charge on any atom is -0.360 e. The van der Waals surface area contributed by atoms with Gasteiger partial charge in [-0.3, -0.25) is 4.79 Å². The summed E-state index contributed by atoms with van der Waals surface area (Å²) in [7, 11) is 0. The molecule has 1 amide bonds. The van der Waals surface area contributed by atoms with Crippen LogP contribution >= 0.6 is 0 Å². The van der Waals surface area contributed by atoms with Gasteiger partial charge in [0.05, 0.1) is 44.8 Å². The number of carbonyl (C=O) groups excluding carboxylic acids is 1. The summed E-state index contributed by atoms with van der Waals surface area (Å²) in [6.07, 6.45) is 0. The number of hydrogen-bond donors (Lipinski definition) is 2. The maximum atomic E-state index is 13.6. The van der Waals surface area contributed by atoms with Gasteiger partial charge in [-0.1, -0.05) is 30.3 Å². The van der Waals surface area contributed by atoms with Crippen molar-refractivity contribution in [2.24, 2.45) is 0 Å². The Balaban J connectivity index is 1.41. The topological polar surface area (TPSA) is 36.8 Å². The zero-order valence-corrected chi connectivity index (χ0v) is 13.7. The normalized spacial score (nSPS) is 15.3. The first kappa shape index (κ1) is 16.5. The second kappa shape index (κ2) is 7.93. The van der Waals surface area contributed by atoms with Gasteiger partial charge >= 0.3 is 0 Å². The number of carbonyl (C=O) groups is 1. The van der Waals surface area contributed by atoms with Gasteiger partial charge in [-0.25, -0.2) is 4.39 Å². The van der Waals surface area contributed by atoms with Crippen LogP contribution in [0.4, 0.5) is 10.1 Å². The van der Waals surface area contributed by atoms with Crippen LogP contribution in [0.5, 0.6) is 0 Å². The molecule has 5 heteroatoms. The molecule has 0 unspecified atom stereocenters. The van der Waals surface area contributed by atoms with E-state index < -0.39 is 5.82 Å². The molecule has 2 N–H and O–H groups in total. The molecule has 0 aliphatic carbocycles. The van der Waals surface area contributed by atoms with E-state index in [0.717, 1.165) is 32.7 Å². The summed E-state index contributed by atoms with van der Waals surface area (Å²) in [4.78, 5) is 15.8. The Morgan fingerprint density at radius 1 is 1.04 bits per heavy atom. The third-order valence-electron chi connectivity index (χ3n) is 4.47. The van der Waals surface area contributed by atoms with Gasteiger partial charge in [-0.15, -0.1) is 0 Å². The highest BCUT2D eigenvalue weighted by molar-refractivity contribution is 5.94. The second-order valence-electron chi connectivity index (χ2n) is 6.06. The van der Waals surface area contributed by atoms with Crippen LogP contribution in [-0.2, 0) is 0 Å². The molecule has 0 aromatic heterocycles. The van der Waals surface area contributed by atoms with Crippen LogP contribution in [0.3, 0.4) is 0 Å². The van der Waals surface area contributed by atoms with Gasteiger partial charge in [0.1, 0.15) is 5.82 Å². The number of nitrogens with one attached hydrogen (secondary N) is 2. The van der Waals surface area contributed by atoms with Crippen LogP contribution in [0.1, 0.15) is 10.4 Å². The first-order valence-corrected chi connectivity index (χ1v) is 8.40. The molecule has 0 bridgehead atoms. The van der Waals surface area contributed by atoms with Gasteiger partial charge < -0.3 is 15.1 Å². The number of amides is 1. The van der Waals surface area contributed by atoms with Gasteiger partial charge in [0.25, 0.3) is 5.91 Å². The summed E-state index contributed by atoms with van der Waals surface area (Å²) in [5.74, 6) is -0.811. The van der Waals surface area contributed by atoms with Gasteiger partial charge in [0.2, 0.25) is 0 Å². The van der Waals surface area contributed by atoms with Crippen molar-refractivity contribution < 1.29 is 14.1 Å². The van der Waals surface area contributed by atoms with E-state index in [1.54, 1.807) is 12.1 Å². The molecule has 1 aliphatic rings. The van der Waals surface area contributed by atoms with Crippen LogP contribution in [0.25, 0.3) is 0 Å². The lowest BCUT2D eigenvalue weighted by Crippen LogP contribution is -3.15. The summed E-state index contributed by atoms with van der Waals surface area (Å²) in [6, 6.07) is 16.5. The number of hydrogen-bond acceptors (Lipinski definition) is 2. The summed E-state index contributed by atoms with van der Waals surface area (Å²) >= 11 is 0. The fourth-order valence-electron chi connectivity index (χ4n) is 3.06. The van der Waals surface area contributed by atoms with Crippen LogP contribution in [0.15, 0.2) is 54.6 Å². The van der Waals surface area contributed by atoms with E-state index in [1.165, 1.54) is 22.7 Å². The first-order chi connectivity index (χ1) is 11.7. The highest BCUT2D eigenvalue weighted by Gasteiger charge is 2.20. The Morgan fingerprint density at radius 3 is 2.42 bits per heavy atom. The third-order valence-corrected chi connectivity index (χ3v) is 4.47. The van der Waals surface area contributed by atoms with E-state index in [2.05, 4.69) is 34.5 Å². The zero-order chi connectivity index (χ0) is 16.8. The molecule has 0 saturated carbocycles. The van der Waals surface area contributed by atoms with Crippen LogP contribution < -0.4 is 15.1 Å². The largest absolute Gasteiger partial charge is 0.360 e. The van der Waals surface area contributed by atoms with Crippen LogP contribution in [0, 0.1) is 5.82 Å². The number of quaternary nitrogens is 1.